The summed E-state index contributed by atoms with van der Waals surface area (Å²) in [6, 6.07) is 5.71. The van der Waals surface area contributed by atoms with Crippen LogP contribution in [0.3, 0.4) is 0 Å². The Morgan fingerprint density at radius 1 is 1.19 bits per heavy atom. The van der Waals surface area contributed by atoms with Crippen LogP contribution in [0, 0.1) is 5.92 Å². The molecule has 1 aromatic rings. The van der Waals surface area contributed by atoms with Gasteiger partial charge in [0.15, 0.2) is 0 Å². The molecular formula is C14H18N2. The number of allylic oxidation sites excluding steroid dienone is 4. The van der Waals surface area contributed by atoms with Crippen molar-refractivity contribution in [3.8, 4) is 0 Å². The van der Waals surface area contributed by atoms with Crippen molar-refractivity contribution in [3.63, 3.8) is 0 Å². The molecule has 2 atom stereocenters. The fourth-order valence-electron chi connectivity index (χ4n) is 2.21. The van der Waals surface area contributed by atoms with Crippen LogP contribution < -0.4 is 11.5 Å². The minimum atomic E-state index is -0.0613. The van der Waals surface area contributed by atoms with Gasteiger partial charge >= 0.3 is 0 Å². The summed E-state index contributed by atoms with van der Waals surface area (Å²) in [4.78, 5) is 0. The number of hydrogen-bond acceptors (Lipinski definition) is 2. The monoisotopic (exact) mass is 214 g/mol. The van der Waals surface area contributed by atoms with E-state index in [9.17, 15) is 0 Å². The maximum atomic E-state index is 6.05. The van der Waals surface area contributed by atoms with Crippen LogP contribution in [0.1, 0.15) is 19.4 Å². The molecule has 0 heterocycles. The molecule has 0 amide bonds. The van der Waals surface area contributed by atoms with Gasteiger partial charge in [-0.15, -0.1) is 0 Å². The van der Waals surface area contributed by atoms with E-state index >= 15 is 0 Å². The number of hydrogen-bond donors (Lipinski definition) is 2. The Kier molecular flexibility index (Phi) is 2.50. The predicted molar refractivity (Wildman–Crippen MR) is 70.1 cm³/mol. The van der Waals surface area contributed by atoms with Crippen molar-refractivity contribution in [3.05, 3.63) is 48.1 Å². The fraction of sp³-hybridized carbons (Fsp3) is 0.286. The van der Waals surface area contributed by atoms with Gasteiger partial charge in [-0.3, -0.25) is 0 Å². The molecule has 0 spiro atoms. The van der Waals surface area contributed by atoms with Crippen LogP contribution in [0.4, 0.5) is 11.4 Å². The second-order valence-electron chi connectivity index (χ2n) is 4.66. The van der Waals surface area contributed by atoms with Crippen LogP contribution >= 0.6 is 0 Å². The normalized spacial score (nSPS) is 28.2. The summed E-state index contributed by atoms with van der Waals surface area (Å²) < 4.78 is 0. The molecule has 0 aromatic heterocycles. The van der Waals surface area contributed by atoms with Gasteiger partial charge in [-0.05, 0) is 29.7 Å². The van der Waals surface area contributed by atoms with Crippen LogP contribution in [0.15, 0.2) is 42.5 Å². The van der Waals surface area contributed by atoms with Gasteiger partial charge < -0.3 is 11.5 Å². The SMILES string of the molecule is CC1C=CC=CC1(C)c1cc(N)ccc1N. The summed E-state index contributed by atoms with van der Waals surface area (Å²) >= 11 is 0. The Morgan fingerprint density at radius 3 is 2.62 bits per heavy atom. The topological polar surface area (TPSA) is 52.0 Å². The number of rotatable bonds is 1. The zero-order valence-electron chi connectivity index (χ0n) is 9.77. The zero-order chi connectivity index (χ0) is 11.8. The molecule has 16 heavy (non-hydrogen) atoms. The van der Waals surface area contributed by atoms with Crippen LogP contribution in [-0.4, -0.2) is 0 Å². The highest BCUT2D eigenvalue weighted by Gasteiger charge is 2.31. The summed E-state index contributed by atoms with van der Waals surface area (Å²) in [5.74, 6) is 0.418. The number of benzene rings is 1. The molecule has 0 bridgehead atoms. The summed E-state index contributed by atoms with van der Waals surface area (Å²) in [5.41, 5.74) is 14.5. The van der Waals surface area contributed by atoms with E-state index in [1.54, 1.807) is 0 Å². The maximum absolute atomic E-state index is 6.05. The minimum Gasteiger partial charge on any atom is -0.399 e. The largest absolute Gasteiger partial charge is 0.399 e. The molecule has 1 aliphatic carbocycles. The Hall–Kier alpha value is -1.70. The Balaban J connectivity index is 2.54. The third-order valence-electron chi connectivity index (χ3n) is 3.56. The van der Waals surface area contributed by atoms with Crippen LogP contribution in [0.2, 0.25) is 0 Å². The predicted octanol–water partition coefficient (Wildman–Crippen LogP) is 2.87. The van der Waals surface area contributed by atoms with Crippen LogP contribution in [0.5, 0.6) is 0 Å². The molecule has 1 aliphatic rings. The first kappa shape index (κ1) is 10.8. The van der Waals surface area contributed by atoms with Crippen LogP contribution in [-0.2, 0) is 5.41 Å². The van der Waals surface area contributed by atoms with Gasteiger partial charge in [0.25, 0.3) is 0 Å². The molecule has 2 unspecified atom stereocenters. The lowest BCUT2D eigenvalue weighted by atomic mass is 9.70. The van der Waals surface area contributed by atoms with Gasteiger partial charge in [0.05, 0.1) is 0 Å². The third kappa shape index (κ3) is 1.60. The van der Waals surface area contributed by atoms with Crippen molar-refractivity contribution in [2.45, 2.75) is 19.3 Å². The van der Waals surface area contributed by atoms with Crippen molar-refractivity contribution in [1.29, 1.82) is 0 Å². The average molecular weight is 214 g/mol. The fourth-order valence-corrected chi connectivity index (χ4v) is 2.21. The Bertz CT molecular complexity index is 460. The molecule has 0 saturated carbocycles. The molecule has 0 aliphatic heterocycles. The highest BCUT2D eigenvalue weighted by atomic mass is 14.6. The Labute approximate surface area is 96.6 Å². The quantitative estimate of drug-likeness (QED) is 0.706. The van der Waals surface area contributed by atoms with E-state index in [0.717, 1.165) is 16.9 Å². The molecule has 84 valence electrons. The second kappa shape index (κ2) is 3.71. The van der Waals surface area contributed by atoms with E-state index in [2.05, 4.69) is 38.2 Å². The highest BCUT2D eigenvalue weighted by molar-refractivity contribution is 5.60. The number of nitrogen functional groups attached to an aromatic ring is 2. The molecule has 2 nitrogen and oxygen atoms in total. The van der Waals surface area contributed by atoms with Crippen molar-refractivity contribution in [2.75, 3.05) is 11.5 Å². The third-order valence-corrected chi connectivity index (χ3v) is 3.56. The number of nitrogens with two attached hydrogens (primary N) is 2. The smallest absolute Gasteiger partial charge is 0.0357 e. The standard InChI is InChI=1S/C14H18N2/c1-10-5-3-4-8-14(10,2)12-9-11(15)6-7-13(12)16/h3-10H,15-16H2,1-2H3. The van der Waals surface area contributed by atoms with Crippen LogP contribution in [0.25, 0.3) is 0 Å². The highest BCUT2D eigenvalue weighted by Crippen LogP contribution is 2.40. The zero-order valence-corrected chi connectivity index (χ0v) is 9.77. The van der Waals surface area contributed by atoms with Gasteiger partial charge in [0, 0.05) is 16.8 Å². The molecular weight excluding hydrogens is 196 g/mol. The van der Waals surface area contributed by atoms with Crippen molar-refractivity contribution in [2.24, 2.45) is 5.92 Å². The van der Waals surface area contributed by atoms with E-state index in [0.29, 0.717) is 5.92 Å². The first-order valence-corrected chi connectivity index (χ1v) is 5.55. The molecule has 0 radical (unpaired) electrons. The Morgan fingerprint density at radius 2 is 1.94 bits per heavy atom. The minimum absolute atomic E-state index is 0.0613. The lowest BCUT2D eigenvalue weighted by molar-refractivity contribution is 0.459. The summed E-state index contributed by atoms with van der Waals surface area (Å²) in [6.45, 7) is 4.39. The lowest BCUT2D eigenvalue weighted by Crippen LogP contribution is -2.29. The van der Waals surface area contributed by atoms with Crippen molar-refractivity contribution in [1.82, 2.24) is 0 Å². The average Bonchev–Trinajstić information content (AvgIpc) is 2.26. The van der Waals surface area contributed by atoms with E-state index < -0.39 is 0 Å². The van der Waals surface area contributed by atoms with Crippen molar-refractivity contribution < 1.29 is 0 Å². The van der Waals surface area contributed by atoms with Gasteiger partial charge in [0.1, 0.15) is 0 Å². The summed E-state index contributed by atoms with van der Waals surface area (Å²) in [6.07, 6.45) is 8.54. The van der Waals surface area contributed by atoms with E-state index in [1.165, 1.54) is 0 Å². The maximum Gasteiger partial charge on any atom is 0.0357 e. The summed E-state index contributed by atoms with van der Waals surface area (Å²) in [7, 11) is 0. The molecule has 2 heteroatoms. The molecule has 4 N–H and O–H groups in total. The molecule has 1 aromatic carbocycles. The lowest BCUT2D eigenvalue weighted by Gasteiger charge is -2.34. The summed E-state index contributed by atoms with van der Waals surface area (Å²) in [5, 5.41) is 0. The second-order valence-corrected chi connectivity index (χ2v) is 4.66. The van der Waals surface area contributed by atoms with E-state index in [1.807, 2.05) is 18.2 Å². The molecule has 0 fully saturated rings. The van der Waals surface area contributed by atoms with E-state index in [-0.39, 0.29) is 5.41 Å². The first-order valence-electron chi connectivity index (χ1n) is 5.55. The van der Waals surface area contributed by atoms with E-state index in [4.69, 9.17) is 11.5 Å². The van der Waals surface area contributed by atoms with Crippen molar-refractivity contribution >= 4 is 11.4 Å². The number of anilines is 2. The molecule has 0 saturated heterocycles. The van der Waals surface area contributed by atoms with Gasteiger partial charge in [-0.2, -0.15) is 0 Å². The van der Waals surface area contributed by atoms with Gasteiger partial charge in [-0.1, -0.05) is 38.2 Å². The van der Waals surface area contributed by atoms with Gasteiger partial charge in [0.2, 0.25) is 0 Å². The first-order chi connectivity index (χ1) is 7.54. The van der Waals surface area contributed by atoms with Gasteiger partial charge in [-0.25, -0.2) is 0 Å². The molecule has 2 rings (SSSR count).